The van der Waals surface area contributed by atoms with Crippen LogP contribution in [0.2, 0.25) is 0 Å². The fourth-order valence-corrected chi connectivity index (χ4v) is 7.76. The van der Waals surface area contributed by atoms with Crippen molar-refractivity contribution in [2.45, 2.75) is 0 Å². The molecule has 1 nitrogen and oxygen atoms in total. The molecule has 1 aliphatic carbocycles. The van der Waals surface area contributed by atoms with Crippen molar-refractivity contribution >= 4 is 49.4 Å². The molecule has 49 heavy (non-hydrogen) atoms. The van der Waals surface area contributed by atoms with Crippen LogP contribution in [-0.4, -0.2) is 0 Å². The zero-order valence-corrected chi connectivity index (χ0v) is 26.8. The number of fused-ring (bicyclic) bond motifs is 7. The van der Waals surface area contributed by atoms with Gasteiger partial charge in [0.2, 0.25) is 0 Å². The van der Waals surface area contributed by atoms with Gasteiger partial charge in [-0.05, 0) is 108 Å². The average Bonchev–Trinajstić information content (AvgIpc) is 3.17. The van der Waals surface area contributed by atoms with Crippen molar-refractivity contribution in [1.29, 1.82) is 0 Å². The summed E-state index contributed by atoms with van der Waals surface area (Å²) in [6.45, 7) is 0. The van der Waals surface area contributed by atoms with Gasteiger partial charge >= 0.3 is 0 Å². The van der Waals surface area contributed by atoms with E-state index in [1.807, 2.05) is 0 Å². The maximum absolute atomic E-state index is 2.47. The largest absolute Gasteiger partial charge is 0.309 e. The highest BCUT2D eigenvalue weighted by atomic mass is 15.1. The molecule has 0 aliphatic heterocycles. The molecule has 0 aromatic heterocycles. The highest BCUT2D eigenvalue weighted by molar-refractivity contribution is 6.20. The SMILES string of the molecule is c1ccc(-c2ccc(N(c3ccc(-c4cccc5ccccc45)cc3)c3c4c(cc5ccccc35)-c3cc5ccccc5cc3-4)cc2)cc1. The molecule has 228 valence electrons. The fraction of sp³-hybridized carbons (Fsp3) is 0. The minimum absolute atomic E-state index is 1.13. The quantitative estimate of drug-likeness (QED) is 0.185. The lowest BCUT2D eigenvalue weighted by atomic mass is 9.76. The third-order valence-corrected chi connectivity index (χ3v) is 10.1. The summed E-state index contributed by atoms with van der Waals surface area (Å²) < 4.78 is 0. The summed E-state index contributed by atoms with van der Waals surface area (Å²) in [7, 11) is 0. The molecule has 1 heteroatoms. The molecular formula is C48H31N. The predicted molar refractivity (Wildman–Crippen MR) is 209 cm³/mol. The Kier molecular flexibility index (Phi) is 6.25. The maximum Gasteiger partial charge on any atom is 0.0624 e. The molecule has 0 N–H and O–H groups in total. The zero-order valence-electron chi connectivity index (χ0n) is 26.8. The van der Waals surface area contributed by atoms with E-state index in [0.717, 1.165) is 11.4 Å². The first-order chi connectivity index (χ1) is 24.3. The normalized spacial score (nSPS) is 11.7. The van der Waals surface area contributed by atoms with Gasteiger partial charge in [-0.3, -0.25) is 0 Å². The summed E-state index contributed by atoms with van der Waals surface area (Å²) >= 11 is 0. The lowest BCUT2D eigenvalue weighted by Crippen LogP contribution is -2.15. The summed E-state index contributed by atoms with van der Waals surface area (Å²) in [6, 6.07) is 68.7. The molecule has 1 aliphatic rings. The summed E-state index contributed by atoms with van der Waals surface area (Å²) in [5.41, 5.74) is 13.6. The Morgan fingerprint density at radius 3 is 1.51 bits per heavy atom. The molecule has 0 saturated heterocycles. The Labute approximate surface area is 286 Å². The molecule has 0 heterocycles. The Morgan fingerprint density at radius 2 is 0.796 bits per heavy atom. The molecular weight excluding hydrogens is 591 g/mol. The second kappa shape index (κ2) is 11.1. The van der Waals surface area contributed by atoms with Gasteiger partial charge in [-0.25, -0.2) is 0 Å². The van der Waals surface area contributed by atoms with E-state index in [2.05, 4.69) is 193 Å². The Balaban J connectivity index is 1.19. The highest BCUT2D eigenvalue weighted by Crippen LogP contribution is 2.58. The fourth-order valence-electron chi connectivity index (χ4n) is 7.76. The topological polar surface area (TPSA) is 3.24 Å². The van der Waals surface area contributed by atoms with Crippen molar-refractivity contribution in [3.05, 3.63) is 188 Å². The standard InChI is InChI=1S/C48H31N/c1-2-11-32(12-3-1)33-21-25-39(26-22-33)49(40-27-23-35(24-28-40)42-20-10-17-34-13-6-8-18-41(34)42)48-43-19-9-7-16-38(43)31-46-44-29-36-14-4-5-15-37(36)30-45(44)47(46)48/h1-31H. The molecule has 0 radical (unpaired) electrons. The second-order valence-corrected chi connectivity index (χ2v) is 12.9. The Morgan fingerprint density at radius 1 is 0.286 bits per heavy atom. The van der Waals surface area contributed by atoms with Gasteiger partial charge in [0.1, 0.15) is 0 Å². The maximum atomic E-state index is 2.47. The summed E-state index contributed by atoms with van der Waals surface area (Å²) in [4.78, 5) is 2.47. The van der Waals surface area contributed by atoms with Crippen LogP contribution in [0.3, 0.4) is 0 Å². The molecule has 10 rings (SSSR count). The van der Waals surface area contributed by atoms with Gasteiger partial charge in [-0.1, -0.05) is 146 Å². The third-order valence-electron chi connectivity index (χ3n) is 10.1. The van der Waals surface area contributed by atoms with Crippen LogP contribution in [0.4, 0.5) is 17.1 Å². The number of benzene rings is 9. The summed E-state index contributed by atoms with van der Waals surface area (Å²) in [6.07, 6.45) is 0. The van der Waals surface area contributed by atoms with E-state index in [1.54, 1.807) is 0 Å². The zero-order chi connectivity index (χ0) is 32.3. The van der Waals surface area contributed by atoms with Gasteiger partial charge in [-0.2, -0.15) is 0 Å². The first-order valence-corrected chi connectivity index (χ1v) is 16.9. The van der Waals surface area contributed by atoms with E-state index in [0.29, 0.717) is 0 Å². The van der Waals surface area contributed by atoms with Gasteiger partial charge in [0, 0.05) is 22.3 Å². The van der Waals surface area contributed by atoms with Crippen molar-refractivity contribution in [2.24, 2.45) is 0 Å². The van der Waals surface area contributed by atoms with E-state index in [1.165, 1.54) is 82.5 Å². The Bertz CT molecular complexity index is 2680. The number of hydrogen-bond acceptors (Lipinski definition) is 1. The number of anilines is 3. The van der Waals surface area contributed by atoms with Crippen molar-refractivity contribution in [3.63, 3.8) is 0 Å². The Hall–Kier alpha value is -6.44. The molecule has 0 fully saturated rings. The first kappa shape index (κ1) is 27.7. The minimum atomic E-state index is 1.13. The highest BCUT2D eigenvalue weighted by Gasteiger charge is 2.31. The first-order valence-electron chi connectivity index (χ1n) is 16.9. The molecule has 0 unspecified atom stereocenters. The molecule has 0 saturated carbocycles. The predicted octanol–water partition coefficient (Wildman–Crippen LogP) is 13.6. The van der Waals surface area contributed by atoms with Gasteiger partial charge in [0.05, 0.1) is 5.69 Å². The van der Waals surface area contributed by atoms with Crippen LogP contribution in [0, 0.1) is 0 Å². The third kappa shape index (κ3) is 4.47. The van der Waals surface area contributed by atoms with Crippen molar-refractivity contribution < 1.29 is 0 Å². The van der Waals surface area contributed by atoms with E-state index in [-0.39, 0.29) is 0 Å². The van der Waals surface area contributed by atoms with E-state index >= 15 is 0 Å². The molecule has 9 aromatic carbocycles. The number of hydrogen-bond donors (Lipinski definition) is 0. The van der Waals surface area contributed by atoms with Crippen molar-refractivity contribution in [2.75, 3.05) is 4.90 Å². The van der Waals surface area contributed by atoms with Crippen LogP contribution in [0.1, 0.15) is 0 Å². The number of nitrogens with zero attached hydrogens (tertiary/aromatic N) is 1. The molecule has 0 bridgehead atoms. The second-order valence-electron chi connectivity index (χ2n) is 12.9. The van der Waals surface area contributed by atoms with Crippen LogP contribution in [0.15, 0.2) is 188 Å². The van der Waals surface area contributed by atoms with Crippen LogP contribution < -0.4 is 4.90 Å². The summed E-state index contributed by atoms with van der Waals surface area (Å²) in [5.74, 6) is 0. The smallest absolute Gasteiger partial charge is 0.0624 e. The van der Waals surface area contributed by atoms with Crippen molar-refractivity contribution in [1.82, 2.24) is 0 Å². The molecule has 0 atom stereocenters. The minimum Gasteiger partial charge on any atom is -0.309 e. The monoisotopic (exact) mass is 621 g/mol. The molecule has 9 aromatic rings. The van der Waals surface area contributed by atoms with Crippen LogP contribution in [0.5, 0.6) is 0 Å². The van der Waals surface area contributed by atoms with E-state index in [4.69, 9.17) is 0 Å². The van der Waals surface area contributed by atoms with Crippen LogP contribution >= 0.6 is 0 Å². The van der Waals surface area contributed by atoms with Crippen LogP contribution in [-0.2, 0) is 0 Å². The lowest BCUT2D eigenvalue weighted by molar-refractivity contribution is 1.29. The molecule has 0 spiro atoms. The molecule has 0 amide bonds. The van der Waals surface area contributed by atoms with Crippen molar-refractivity contribution in [3.8, 4) is 44.5 Å². The van der Waals surface area contributed by atoms with E-state index < -0.39 is 0 Å². The lowest BCUT2D eigenvalue weighted by Gasteiger charge is -2.35. The number of rotatable bonds is 5. The van der Waals surface area contributed by atoms with Gasteiger partial charge in [-0.15, -0.1) is 0 Å². The summed E-state index contributed by atoms with van der Waals surface area (Å²) in [5, 5.41) is 7.55. The van der Waals surface area contributed by atoms with Gasteiger partial charge in [0.25, 0.3) is 0 Å². The van der Waals surface area contributed by atoms with Crippen LogP contribution in [0.25, 0.3) is 76.8 Å². The van der Waals surface area contributed by atoms with Gasteiger partial charge in [0.15, 0.2) is 0 Å². The average molecular weight is 622 g/mol. The van der Waals surface area contributed by atoms with E-state index in [9.17, 15) is 0 Å². The van der Waals surface area contributed by atoms with Gasteiger partial charge < -0.3 is 4.90 Å².